The molecule has 0 radical (unpaired) electrons. The van der Waals surface area contributed by atoms with Crippen LogP contribution in [0.15, 0.2) is 0 Å². The van der Waals surface area contributed by atoms with E-state index < -0.39 is 12.1 Å². The van der Waals surface area contributed by atoms with Gasteiger partial charge in [0.15, 0.2) is 0 Å². The minimum atomic E-state index is -5.08. The van der Waals surface area contributed by atoms with E-state index in [1.54, 1.807) is 0 Å². The molecule has 2 aliphatic rings. The molecule has 2 fully saturated rings. The number of piperidine rings is 1. The summed E-state index contributed by atoms with van der Waals surface area (Å²) < 4.78 is 31.7. The zero-order valence-corrected chi connectivity index (χ0v) is 14.6. The summed E-state index contributed by atoms with van der Waals surface area (Å²) in [5, 5.41) is 13.5. The molecule has 2 aliphatic heterocycles. The van der Waals surface area contributed by atoms with Crippen molar-refractivity contribution in [3.8, 4) is 0 Å². The molecular weight excluding hydrogens is 341 g/mol. The fourth-order valence-electron chi connectivity index (χ4n) is 2.82. The van der Waals surface area contributed by atoms with Gasteiger partial charge in [-0.15, -0.1) is 0 Å². The van der Waals surface area contributed by atoms with Gasteiger partial charge >= 0.3 is 18.2 Å². The number of carboxylic acids is 1. The van der Waals surface area contributed by atoms with Crippen molar-refractivity contribution >= 4 is 12.0 Å². The molecular formula is C15H27F3N4O3. The Kier molecular flexibility index (Phi) is 8.43. The molecule has 0 aliphatic carbocycles. The molecule has 146 valence electrons. The van der Waals surface area contributed by atoms with Crippen molar-refractivity contribution in [3.63, 3.8) is 0 Å². The molecule has 2 amide bonds. The van der Waals surface area contributed by atoms with Crippen molar-refractivity contribution in [2.75, 3.05) is 39.3 Å². The molecule has 25 heavy (non-hydrogen) atoms. The third-order valence-electron chi connectivity index (χ3n) is 4.07. The number of nitrogens with zero attached hydrogens (tertiary/aromatic N) is 2. The highest BCUT2D eigenvalue weighted by atomic mass is 19.4. The molecule has 0 aromatic rings. The number of amides is 2. The molecule has 0 saturated carbocycles. The third kappa shape index (κ3) is 7.91. The van der Waals surface area contributed by atoms with Gasteiger partial charge in [-0.1, -0.05) is 0 Å². The van der Waals surface area contributed by atoms with Crippen LogP contribution in [0, 0.1) is 0 Å². The molecule has 0 aromatic heterocycles. The highest BCUT2D eigenvalue weighted by Gasteiger charge is 2.38. The first-order valence-corrected chi connectivity index (χ1v) is 8.41. The van der Waals surface area contributed by atoms with E-state index in [0.717, 1.165) is 52.1 Å². The van der Waals surface area contributed by atoms with Crippen LogP contribution in [-0.2, 0) is 4.79 Å². The minimum Gasteiger partial charge on any atom is -0.475 e. The highest BCUT2D eigenvalue weighted by Crippen LogP contribution is 2.17. The predicted molar refractivity (Wildman–Crippen MR) is 86.4 cm³/mol. The number of carboxylic acid groups (broad SMARTS) is 1. The smallest absolute Gasteiger partial charge is 0.475 e. The summed E-state index contributed by atoms with van der Waals surface area (Å²) in [5.41, 5.74) is 0. The predicted octanol–water partition coefficient (Wildman–Crippen LogP) is 1.11. The number of halogens is 3. The van der Waals surface area contributed by atoms with Gasteiger partial charge in [-0.3, -0.25) is 4.90 Å². The SMILES string of the molecule is CC(C)NC(=O)N1CCC(N2CCNCC2)CC1.O=C(O)C(F)(F)F. The summed E-state index contributed by atoms with van der Waals surface area (Å²) in [4.78, 5) is 25.3. The van der Waals surface area contributed by atoms with E-state index in [1.807, 2.05) is 18.7 Å². The lowest BCUT2D eigenvalue weighted by molar-refractivity contribution is -0.192. The Morgan fingerprint density at radius 3 is 2.00 bits per heavy atom. The van der Waals surface area contributed by atoms with Crippen LogP contribution in [0.2, 0.25) is 0 Å². The average Bonchev–Trinajstić information content (AvgIpc) is 2.55. The topological polar surface area (TPSA) is 84.9 Å². The lowest BCUT2D eigenvalue weighted by atomic mass is 10.0. The fourth-order valence-corrected chi connectivity index (χ4v) is 2.82. The molecule has 7 nitrogen and oxygen atoms in total. The molecule has 0 spiro atoms. The highest BCUT2D eigenvalue weighted by molar-refractivity contribution is 5.74. The van der Waals surface area contributed by atoms with Gasteiger partial charge in [-0.05, 0) is 26.7 Å². The average molecular weight is 368 g/mol. The van der Waals surface area contributed by atoms with Crippen molar-refractivity contribution < 1.29 is 27.9 Å². The molecule has 10 heteroatoms. The monoisotopic (exact) mass is 368 g/mol. The van der Waals surface area contributed by atoms with Crippen LogP contribution in [0.1, 0.15) is 26.7 Å². The summed E-state index contributed by atoms with van der Waals surface area (Å²) in [5.74, 6) is -2.76. The Balaban J connectivity index is 0.000000381. The first kappa shape index (κ1) is 21.5. The number of hydrogen-bond donors (Lipinski definition) is 3. The van der Waals surface area contributed by atoms with Gasteiger partial charge in [0.2, 0.25) is 0 Å². The second-order valence-corrected chi connectivity index (χ2v) is 6.41. The third-order valence-corrected chi connectivity index (χ3v) is 4.07. The number of likely N-dealkylation sites (tertiary alicyclic amines) is 1. The molecule has 2 rings (SSSR count). The largest absolute Gasteiger partial charge is 0.490 e. The maximum absolute atomic E-state index is 11.9. The summed E-state index contributed by atoms with van der Waals surface area (Å²) in [6, 6.07) is 1.00. The molecule has 0 bridgehead atoms. The van der Waals surface area contributed by atoms with Crippen LogP contribution in [-0.4, -0.2) is 84.4 Å². The second kappa shape index (κ2) is 9.81. The number of urea groups is 1. The number of rotatable bonds is 2. The van der Waals surface area contributed by atoms with Gasteiger partial charge in [-0.2, -0.15) is 13.2 Å². The zero-order chi connectivity index (χ0) is 19.0. The van der Waals surface area contributed by atoms with Gasteiger partial charge in [0, 0.05) is 51.4 Å². The maximum atomic E-state index is 11.9. The molecule has 2 heterocycles. The quantitative estimate of drug-likeness (QED) is 0.680. The van der Waals surface area contributed by atoms with Gasteiger partial charge in [0.25, 0.3) is 0 Å². The number of nitrogens with one attached hydrogen (secondary N) is 2. The lowest BCUT2D eigenvalue weighted by Gasteiger charge is -2.40. The Morgan fingerprint density at radius 1 is 1.12 bits per heavy atom. The summed E-state index contributed by atoms with van der Waals surface area (Å²) in [6.07, 6.45) is -2.85. The van der Waals surface area contributed by atoms with Crippen molar-refractivity contribution in [3.05, 3.63) is 0 Å². The first-order valence-electron chi connectivity index (χ1n) is 8.41. The number of aliphatic carboxylic acids is 1. The van der Waals surface area contributed by atoms with Crippen LogP contribution in [0.25, 0.3) is 0 Å². The zero-order valence-electron chi connectivity index (χ0n) is 14.6. The number of carbonyl (C=O) groups is 2. The van der Waals surface area contributed by atoms with Crippen LogP contribution >= 0.6 is 0 Å². The number of alkyl halides is 3. The molecule has 0 aromatic carbocycles. The number of carbonyl (C=O) groups excluding carboxylic acids is 1. The maximum Gasteiger partial charge on any atom is 0.490 e. The second-order valence-electron chi connectivity index (χ2n) is 6.41. The van der Waals surface area contributed by atoms with E-state index in [9.17, 15) is 18.0 Å². The first-order chi connectivity index (χ1) is 11.6. The molecule has 2 saturated heterocycles. The summed E-state index contributed by atoms with van der Waals surface area (Å²) in [6.45, 7) is 10.3. The van der Waals surface area contributed by atoms with Gasteiger partial charge < -0.3 is 20.6 Å². The van der Waals surface area contributed by atoms with E-state index in [2.05, 4.69) is 15.5 Å². The van der Waals surface area contributed by atoms with E-state index in [1.165, 1.54) is 0 Å². The normalized spacial score (nSPS) is 20.0. The Bertz CT molecular complexity index is 432. The Hall–Kier alpha value is -1.55. The van der Waals surface area contributed by atoms with Crippen LogP contribution in [0.3, 0.4) is 0 Å². The van der Waals surface area contributed by atoms with Crippen molar-refractivity contribution in [1.82, 2.24) is 20.4 Å². The molecule has 0 unspecified atom stereocenters. The van der Waals surface area contributed by atoms with Crippen molar-refractivity contribution in [2.24, 2.45) is 0 Å². The van der Waals surface area contributed by atoms with Crippen LogP contribution < -0.4 is 10.6 Å². The lowest BCUT2D eigenvalue weighted by Crippen LogP contribution is -2.54. The number of hydrogen-bond acceptors (Lipinski definition) is 4. The standard InChI is InChI=1S/C13H26N4O.C2HF3O2/c1-11(2)15-13(18)17-7-3-12(4-8-17)16-9-5-14-6-10-16;3-2(4,5)1(6)7/h11-12,14H,3-10H2,1-2H3,(H,15,18);(H,6,7). The van der Waals surface area contributed by atoms with Crippen molar-refractivity contribution in [2.45, 2.75) is 44.9 Å². The van der Waals surface area contributed by atoms with Crippen molar-refractivity contribution in [1.29, 1.82) is 0 Å². The fraction of sp³-hybridized carbons (Fsp3) is 0.867. The summed E-state index contributed by atoms with van der Waals surface area (Å²) >= 11 is 0. The number of piperazine rings is 1. The molecule has 0 atom stereocenters. The van der Waals surface area contributed by atoms with Gasteiger partial charge in [-0.25, -0.2) is 9.59 Å². The van der Waals surface area contributed by atoms with Gasteiger partial charge in [0.1, 0.15) is 0 Å². The van der Waals surface area contributed by atoms with E-state index in [4.69, 9.17) is 9.90 Å². The Labute approximate surface area is 145 Å². The van der Waals surface area contributed by atoms with E-state index in [0.29, 0.717) is 6.04 Å². The molecule has 3 N–H and O–H groups in total. The minimum absolute atomic E-state index is 0.101. The summed E-state index contributed by atoms with van der Waals surface area (Å²) in [7, 11) is 0. The van der Waals surface area contributed by atoms with Crippen LogP contribution in [0.4, 0.5) is 18.0 Å². The Morgan fingerprint density at radius 2 is 1.60 bits per heavy atom. The van der Waals surface area contributed by atoms with E-state index >= 15 is 0 Å². The van der Waals surface area contributed by atoms with E-state index in [-0.39, 0.29) is 12.1 Å². The van der Waals surface area contributed by atoms with Crippen LogP contribution in [0.5, 0.6) is 0 Å². The van der Waals surface area contributed by atoms with Gasteiger partial charge in [0.05, 0.1) is 0 Å².